The highest BCUT2D eigenvalue weighted by atomic mass is 32.2. The van der Waals surface area contributed by atoms with E-state index >= 15 is 0 Å². The molecule has 1 aromatic carbocycles. The number of rotatable bonds is 8. The Morgan fingerprint density at radius 2 is 1.68 bits per heavy atom. The van der Waals surface area contributed by atoms with Crippen molar-refractivity contribution in [1.82, 2.24) is 0 Å². The van der Waals surface area contributed by atoms with Gasteiger partial charge in [0.2, 0.25) is 0 Å². The molecule has 0 aliphatic heterocycles. The van der Waals surface area contributed by atoms with E-state index in [1.54, 1.807) is 7.11 Å². The first-order valence-corrected chi connectivity index (χ1v) is 7.99. The molecule has 0 heterocycles. The summed E-state index contributed by atoms with van der Waals surface area (Å²) < 4.78 is 10.7. The Kier molecular flexibility index (Phi) is 7.32. The van der Waals surface area contributed by atoms with E-state index in [4.69, 9.17) is 9.47 Å². The first kappa shape index (κ1) is 16.4. The smallest absolute Gasteiger partial charge is 0.119 e. The Balaban J connectivity index is 2.20. The van der Waals surface area contributed by atoms with Gasteiger partial charge >= 0.3 is 0 Å². The molecule has 0 saturated carbocycles. The summed E-state index contributed by atoms with van der Waals surface area (Å²) in [6.45, 7) is 8.29. The van der Waals surface area contributed by atoms with Crippen LogP contribution in [0.25, 0.3) is 0 Å². The van der Waals surface area contributed by atoms with Crippen molar-refractivity contribution in [2.75, 3.05) is 31.8 Å². The van der Waals surface area contributed by atoms with Crippen LogP contribution < -0.4 is 4.74 Å². The standard InChI is InChI=1S/C16H26O2S/c1-16(2,3)14-6-8-15(9-7-14)18-10-5-12-19-13-11-17-4/h6-9H,5,10-13H2,1-4H3. The van der Waals surface area contributed by atoms with Crippen molar-refractivity contribution in [3.8, 4) is 5.75 Å². The predicted octanol–water partition coefficient (Wildman–Crippen LogP) is 4.13. The molecule has 3 heteroatoms. The van der Waals surface area contributed by atoms with Crippen molar-refractivity contribution < 1.29 is 9.47 Å². The van der Waals surface area contributed by atoms with Crippen LogP contribution in [0.15, 0.2) is 24.3 Å². The van der Waals surface area contributed by atoms with Crippen molar-refractivity contribution in [2.24, 2.45) is 0 Å². The van der Waals surface area contributed by atoms with Crippen LogP contribution in [0.4, 0.5) is 0 Å². The van der Waals surface area contributed by atoms with Crippen LogP contribution in [0.1, 0.15) is 32.8 Å². The second kappa shape index (κ2) is 8.49. The number of ether oxygens (including phenoxy) is 2. The highest BCUT2D eigenvalue weighted by Crippen LogP contribution is 2.24. The van der Waals surface area contributed by atoms with Crippen LogP contribution in [0.3, 0.4) is 0 Å². The van der Waals surface area contributed by atoms with Crippen molar-refractivity contribution in [3.05, 3.63) is 29.8 Å². The summed E-state index contributed by atoms with van der Waals surface area (Å²) in [7, 11) is 1.74. The van der Waals surface area contributed by atoms with Gasteiger partial charge in [0.05, 0.1) is 13.2 Å². The molecule has 0 radical (unpaired) electrons. The van der Waals surface area contributed by atoms with E-state index in [2.05, 4.69) is 45.0 Å². The molecule has 0 fully saturated rings. The Bertz CT molecular complexity index is 341. The lowest BCUT2D eigenvalue weighted by molar-refractivity contribution is 0.218. The van der Waals surface area contributed by atoms with Gasteiger partial charge < -0.3 is 9.47 Å². The van der Waals surface area contributed by atoms with Crippen LogP contribution in [0.2, 0.25) is 0 Å². The summed E-state index contributed by atoms with van der Waals surface area (Å²) in [5.74, 6) is 3.16. The minimum absolute atomic E-state index is 0.205. The van der Waals surface area contributed by atoms with Crippen molar-refractivity contribution in [1.29, 1.82) is 0 Å². The minimum atomic E-state index is 0.205. The van der Waals surface area contributed by atoms with E-state index in [1.807, 2.05) is 11.8 Å². The first-order chi connectivity index (χ1) is 9.04. The molecule has 0 saturated heterocycles. The van der Waals surface area contributed by atoms with Gasteiger partial charge in [-0.3, -0.25) is 0 Å². The average molecular weight is 282 g/mol. The van der Waals surface area contributed by atoms with Crippen LogP contribution in [0, 0.1) is 0 Å². The van der Waals surface area contributed by atoms with Crippen molar-refractivity contribution >= 4 is 11.8 Å². The molecule has 0 amide bonds. The van der Waals surface area contributed by atoms with Crippen LogP contribution in [-0.4, -0.2) is 31.8 Å². The zero-order valence-corrected chi connectivity index (χ0v) is 13.4. The van der Waals surface area contributed by atoms with E-state index < -0.39 is 0 Å². The third kappa shape index (κ3) is 6.88. The molecule has 0 N–H and O–H groups in total. The van der Waals surface area contributed by atoms with Gasteiger partial charge in [-0.25, -0.2) is 0 Å². The maximum atomic E-state index is 5.74. The molecule has 1 rings (SSSR count). The third-order valence-electron chi connectivity index (χ3n) is 2.85. The molecule has 19 heavy (non-hydrogen) atoms. The Hall–Kier alpha value is -0.670. The summed E-state index contributed by atoms with van der Waals surface area (Å²) >= 11 is 1.91. The number of hydrogen-bond donors (Lipinski definition) is 0. The predicted molar refractivity (Wildman–Crippen MR) is 84.5 cm³/mol. The molecule has 0 bridgehead atoms. The summed E-state index contributed by atoms with van der Waals surface area (Å²) in [5.41, 5.74) is 1.55. The van der Waals surface area contributed by atoms with E-state index in [0.717, 1.165) is 36.9 Å². The molecular weight excluding hydrogens is 256 g/mol. The SMILES string of the molecule is COCCSCCCOc1ccc(C(C)(C)C)cc1. The quantitative estimate of drug-likeness (QED) is 0.668. The molecule has 0 spiro atoms. The van der Waals surface area contributed by atoms with Gasteiger partial charge in [0.25, 0.3) is 0 Å². The van der Waals surface area contributed by atoms with Crippen LogP contribution >= 0.6 is 11.8 Å². The maximum absolute atomic E-state index is 5.74. The first-order valence-electron chi connectivity index (χ1n) is 6.84. The zero-order valence-electron chi connectivity index (χ0n) is 12.6. The van der Waals surface area contributed by atoms with E-state index in [0.29, 0.717) is 0 Å². The second-order valence-corrected chi connectivity index (χ2v) is 6.81. The average Bonchev–Trinajstić information content (AvgIpc) is 2.37. The second-order valence-electron chi connectivity index (χ2n) is 5.58. The fourth-order valence-corrected chi connectivity index (χ4v) is 2.46. The van der Waals surface area contributed by atoms with Crippen molar-refractivity contribution in [3.63, 3.8) is 0 Å². The lowest BCUT2D eigenvalue weighted by Crippen LogP contribution is -2.10. The molecular formula is C16H26O2S. The fraction of sp³-hybridized carbons (Fsp3) is 0.625. The number of methoxy groups -OCH3 is 1. The van der Waals surface area contributed by atoms with Gasteiger partial charge in [-0.05, 0) is 35.3 Å². The number of benzene rings is 1. The number of hydrogen-bond acceptors (Lipinski definition) is 3. The number of thioether (sulfide) groups is 1. The van der Waals surface area contributed by atoms with Crippen LogP contribution in [-0.2, 0) is 10.2 Å². The third-order valence-corrected chi connectivity index (χ3v) is 3.89. The highest BCUT2D eigenvalue weighted by molar-refractivity contribution is 7.99. The monoisotopic (exact) mass is 282 g/mol. The van der Waals surface area contributed by atoms with Gasteiger partial charge in [-0.15, -0.1) is 0 Å². The lowest BCUT2D eigenvalue weighted by atomic mass is 9.87. The summed E-state index contributed by atoms with van der Waals surface area (Å²) in [6, 6.07) is 8.45. The molecule has 0 aliphatic rings. The fourth-order valence-electron chi connectivity index (χ4n) is 1.65. The molecule has 0 aromatic heterocycles. The Morgan fingerprint density at radius 3 is 2.26 bits per heavy atom. The molecule has 2 nitrogen and oxygen atoms in total. The molecule has 108 valence electrons. The molecule has 0 atom stereocenters. The summed E-state index contributed by atoms with van der Waals surface area (Å²) in [5, 5.41) is 0. The Labute approximate surface area is 121 Å². The maximum Gasteiger partial charge on any atom is 0.119 e. The molecule has 1 aromatic rings. The summed E-state index contributed by atoms with van der Waals surface area (Å²) in [6.07, 6.45) is 1.08. The normalized spacial score (nSPS) is 11.6. The minimum Gasteiger partial charge on any atom is -0.494 e. The van der Waals surface area contributed by atoms with Crippen molar-refractivity contribution in [2.45, 2.75) is 32.6 Å². The van der Waals surface area contributed by atoms with Gasteiger partial charge in [-0.1, -0.05) is 32.9 Å². The van der Waals surface area contributed by atoms with Gasteiger partial charge in [-0.2, -0.15) is 11.8 Å². The molecule has 0 unspecified atom stereocenters. The zero-order chi connectivity index (χ0) is 14.1. The molecule has 0 aliphatic carbocycles. The largest absolute Gasteiger partial charge is 0.494 e. The lowest BCUT2D eigenvalue weighted by Gasteiger charge is -2.19. The van der Waals surface area contributed by atoms with Gasteiger partial charge in [0.15, 0.2) is 0 Å². The summed E-state index contributed by atoms with van der Waals surface area (Å²) in [4.78, 5) is 0. The Morgan fingerprint density at radius 1 is 1.00 bits per heavy atom. The van der Waals surface area contributed by atoms with E-state index in [-0.39, 0.29) is 5.41 Å². The van der Waals surface area contributed by atoms with Crippen LogP contribution in [0.5, 0.6) is 5.75 Å². The topological polar surface area (TPSA) is 18.5 Å². The van der Waals surface area contributed by atoms with E-state index in [9.17, 15) is 0 Å². The van der Waals surface area contributed by atoms with Gasteiger partial charge in [0.1, 0.15) is 5.75 Å². The van der Waals surface area contributed by atoms with E-state index in [1.165, 1.54) is 5.56 Å². The van der Waals surface area contributed by atoms with Gasteiger partial charge in [0, 0.05) is 12.9 Å². The highest BCUT2D eigenvalue weighted by Gasteiger charge is 2.12.